The van der Waals surface area contributed by atoms with Crippen LogP contribution in [0.5, 0.6) is 6.01 Å². The molecule has 7 rings (SSSR count). The van der Waals surface area contributed by atoms with E-state index < -0.39 is 6.17 Å². The van der Waals surface area contributed by atoms with Crippen molar-refractivity contribution in [3.8, 4) is 12.1 Å². The number of esters is 1. The number of rotatable bonds is 10. The van der Waals surface area contributed by atoms with Gasteiger partial charge in [-0.25, -0.2) is 4.39 Å². The average molecular weight is 678 g/mol. The molecular weight excluding hydrogens is 633 g/mol. The van der Waals surface area contributed by atoms with Crippen molar-refractivity contribution in [2.24, 2.45) is 0 Å². The Hall–Kier alpha value is -4.79. The Kier molecular flexibility index (Phi) is 10.1. The number of alkyl halides is 1. The molecule has 0 N–H and O–H groups in total. The van der Waals surface area contributed by atoms with E-state index in [0.717, 1.165) is 35.6 Å². The predicted molar refractivity (Wildman–Crippen MR) is 191 cm³/mol. The van der Waals surface area contributed by atoms with Gasteiger partial charge in [0, 0.05) is 61.4 Å². The Morgan fingerprint density at radius 1 is 0.980 bits per heavy atom. The normalized spacial score (nSPS) is 21.2. The summed E-state index contributed by atoms with van der Waals surface area (Å²) in [5.41, 5.74) is 5.34. The van der Waals surface area contributed by atoms with Gasteiger partial charge in [0.2, 0.25) is 0 Å². The third-order valence-corrected chi connectivity index (χ3v) is 10.3. The molecule has 1 aromatic heterocycles. The first-order valence-corrected chi connectivity index (χ1v) is 17.5. The van der Waals surface area contributed by atoms with Crippen LogP contribution in [0.25, 0.3) is 10.8 Å². The molecule has 0 amide bonds. The number of halogens is 1. The maximum atomic E-state index is 14.2. The van der Waals surface area contributed by atoms with Gasteiger partial charge in [-0.1, -0.05) is 60.7 Å². The van der Waals surface area contributed by atoms with Crippen LogP contribution < -0.4 is 14.5 Å². The van der Waals surface area contributed by atoms with Crippen LogP contribution in [-0.4, -0.2) is 96.9 Å². The number of carbonyl (C=O) groups is 1. The van der Waals surface area contributed by atoms with Crippen LogP contribution in [0.4, 0.5) is 15.9 Å². The number of aromatic nitrogens is 2. The minimum atomic E-state index is -0.865. The molecule has 3 atom stereocenters. The van der Waals surface area contributed by atoms with Gasteiger partial charge in [-0.2, -0.15) is 15.2 Å². The molecule has 2 fully saturated rings. The number of likely N-dealkylation sites (tertiary alicyclic amines) is 1. The second-order valence-electron chi connectivity index (χ2n) is 13.7. The number of nitriles is 1. The lowest BCUT2D eigenvalue weighted by molar-refractivity contribution is -0.147. The highest BCUT2D eigenvalue weighted by atomic mass is 19.1. The van der Waals surface area contributed by atoms with E-state index in [1.54, 1.807) is 0 Å². The Balaban J connectivity index is 1.13. The number of piperazine rings is 1. The van der Waals surface area contributed by atoms with E-state index in [9.17, 15) is 14.4 Å². The zero-order valence-corrected chi connectivity index (χ0v) is 28.8. The number of fused-ring (bicyclic) bond motifs is 2. The molecule has 0 bridgehead atoms. The van der Waals surface area contributed by atoms with Crippen LogP contribution in [0.15, 0.2) is 66.7 Å². The van der Waals surface area contributed by atoms with Gasteiger partial charge in [0.05, 0.1) is 31.3 Å². The largest absolute Gasteiger partial charge is 0.462 e. The number of likely N-dealkylation sites (N-methyl/N-ethyl adjacent to an activating group) is 1. The van der Waals surface area contributed by atoms with Gasteiger partial charge in [0.1, 0.15) is 25.2 Å². The molecule has 0 radical (unpaired) electrons. The van der Waals surface area contributed by atoms with Crippen molar-refractivity contribution in [2.45, 2.75) is 57.6 Å². The Morgan fingerprint density at radius 2 is 1.80 bits per heavy atom. The van der Waals surface area contributed by atoms with Crippen molar-refractivity contribution >= 4 is 28.2 Å². The van der Waals surface area contributed by atoms with Crippen LogP contribution in [0.2, 0.25) is 0 Å². The smallest absolute Gasteiger partial charge is 0.320 e. The quantitative estimate of drug-likeness (QED) is 0.212. The standard InChI is InChI=1S/C39H44FN7O3/c1-27-8-6-11-29-12-7-13-35(37(27)29)46-17-15-33-34(23-46)42-39(50-26-32-20-30(40)21-44(32)2)43-38(33)47-19-18-45(31(22-47)14-16-41)24-36(48)49-25-28-9-4-3-5-10-28/h3-13,30-32H,14-15,17-26H2,1-2H3/t30-,31+,32+/m1/s1. The molecule has 4 heterocycles. The van der Waals surface area contributed by atoms with Gasteiger partial charge in [-0.15, -0.1) is 0 Å². The first kappa shape index (κ1) is 33.7. The Bertz CT molecular complexity index is 1860. The maximum Gasteiger partial charge on any atom is 0.320 e. The van der Waals surface area contributed by atoms with Crippen LogP contribution in [0, 0.1) is 18.3 Å². The van der Waals surface area contributed by atoms with E-state index in [4.69, 9.17) is 19.4 Å². The lowest BCUT2D eigenvalue weighted by Crippen LogP contribution is -2.55. The van der Waals surface area contributed by atoms with Crippen LogP contribution in [0.1, 0.15) is 35.2 Å². The van der Waals surface area contributed by atoms with Crippen LogP contribution >= 0.6 is 0 Å². The van der Waals surface area contributed by atoms with E-state index in [1.807, 2.05) is 47.2 Å². The third kappa shape index (κ3) is 7.37. The summed E-state index contributed by atoms with van der Waals surface area (Å²) in [4.78, 5) is 31.5. The molecule has 260 valence electrons. The first-order valence-electron chi connectivity index (χ1n) is 17.5. The molecule has 0 spiro atoms. The van der Waals surface area contributed by atoms with Crippen molar-refractivity contribution < 1.29 is 18.7 Å². The Labute approximate surface area is 293 Å². The van der Waals surface area contributed by atoms with E-state index in [2.05, 4.69) is 59.2 Å². The number of hydrogen-bond donors (Lipinski definition) is 0. The number of hydrogen-bond acceptors (Lipinski definition) is 10. The van der Waals surface area contributed by atoms with Crippen LogP contribution in [0.3, 0.4) is 0 Å². The van der Waals surface area contributed by atoms with E-state index in [-0.39, 0.29) is 43.6 Å². The highest BCUT2D eigenvalue weighted by molar-refractivity contribution is 5.97. The summed E-state index contributed by atoms with van der Waals surface area (Å²) >= 11 is 0. The molecule has 11 heteroatoms. The summed E-state index contributed by atoms with van der Waals surface area (Å²) in [6.07, 6.45) is 0.576. The zero-order valence-electron chi connectivity index (χ0n) is 28.8. The second-order valence-corrected chi connectivity index (χ2v) is 13.7. The summed E-state index contributed by atoms with van der Waals surface area (Å²) in [5, 5.41) is 12.2. The lowest BCUT2D eigenvalue weighted by Gasteiger charge is -2.42. The number of ether oxygens (including phenoxy) is 2. The summed E-state index contributed by atoms with van der Waals surface area (Å²) < 4.78 is 26.0. The summed E-state index contributed by atoms with van der Waals surface area (Å²) in [6.45, 7) is 6.32. The molecule has 3 aromatic carbocycles. The fourth-order valence-electron chi connectivity index (χ4n) is 7.61. The molecule has 0 unspecified atom stereocenters. The number of anilines is 2. The average Bonchev–Trinajstić information content (AvgIpc) is 3.46. The fourth-order valence-corrected chi connectivity index (χ4v) is 7.61. The second kappa shape index (κ2) is 15.0. The molecule has 3 aliphatic heterocycles. The van der Waals surface area contributed by atoms with E-state index in [1.165, 1.54) is 22.0 Å². The van der Waals surface area contributed by atoms with Gasteiger partial charge in [-0.05, 0) is 49.4 Å². The van der Waals surface area contributed by atoms with E-state index in [0.29, 0.717) is 45.8 Å². The van der Waals surface area contributed by atoms with Crippen LogP contribution in [-0.2, 0) is 29.1 Å². The predicted octanol–water partition coefficient (Wildman–Crippen LogP) is 5.07. The number of nitrogens with zero attached hydrogens (tertiary/aromatic N) is 7. The van der Waals surface area contributed by atoms with Gasteiger partial charge < -0.3 is 19.3 Å². The van der Waals surface area contributed by atoms with Crippen molar-refractivity contribution in [1.82, 2.24) is 19.8 Å². The van der Waals surface area contributed by atoms with E-state index >= 15 is 0 Å². The number of aryl methyl sites for hydroxylation is 1. The van der Waals surface area contributed by atoms with Crippen molar-refractivity contribution in [2.75, 3.05) is 62.7 Å². The summed E-state index contributed by atoms with van der Waals surface area (Å²) in [6, 6.07) is 24.8. The molecule has 0 saturated carbocycles. The highest BCUT2D eigenvalue weighted by Crippen LogP contribution is 2.36. The molecule has 4 aromatic rings. The third-order valence-electron chi connectivity index (χ3n) is 10.3. The minimum Gasteiger partial charge on any atom is -0.462 e. The molecule has 3 aliphatic rings. The summed E-state index contributed by atoms with van der Waals surface area (Å²) in [5.74, 6) is 0.507. The van der Waals surface area contributed by atoms with Crippen molar-refractivity contribution in [3.63, 3.8) is 0 Å². The molecule has 10 nitrogen and oxygen atoms in total. The lowest BCUT2D eigenvalue weighted by atomic mass is 9.99. The first-order chi connectivity index (χ1) is 24.4. The van der Waals surface area contributed by atoms with Gasteiger partial charge in [0.25, 0.3) is 0 Å². The monoisotopic (exact) mass is 677 g/mol. The fraction of sp³-hybridized carbons (Fsp3) is 0.436. The van der Waals surface area contributed by atoms with Gasteiger partial charge in [0.15, 0.2) is 0 Å². The van der Waals surface area contributed by atoms with Crippen molar-refractivity contribution in [1.29, 1.82) is 5.26 Å². The Morgan fingerprint density at radius 3 is 2.58 bits per heavy atom. The molecular formula is C39H44FN7O3. The van der Waals surface area contributed by atoms with Gasteiger partial charge in [-0.3, -0.25) is 14.6 Å². The SMILES string of the molecule is Cc1cccc2cccc(N3CCc4c(nc(OC[C@@H]5C[C@@H](F)CN5C)nc4N4CCN(CC(=O)OCc5ccccc5)[C@@H](CC#N)C4)C3)c12. The van der Waals surface area contributed by atoms with Gasteiger partial charge >= 0.3 is 12.0 Å². The highest BCUT2D eigenvalue weighted by Gasteiger charge is 2.34. The number of carbonyl (C=O) groups excluding carboxylic acids is 1. The maximum absolute atomic E-state index is 14.2. The minimum absolute atomic E-state index is 0.0477. The zero-order chi connectivity index (χ0) is 34.6. The molecule has 2 saturated heterocycles. The summed E-state index contributed by atoms with van der Waals surface area (Å²) in [7, 11) is 1.92. The topological polar surface area (TPSA) is 98.1 Å². The van der Waals surface area contributed by atoms with Crippen molar-refractivity contribution in [3.05, 3.63) is 89.1 Å². The number of benzene rings is 3. The molecule has 50 heavy (non-hydrogen) atoms. The molecule has 0 aliphatic carbocycles.